The Balaban J connectivity index is 2.25. The molecule has 1 unspecified atom stereocenters. The van der Waals surface area contributed by atoms with E-state index < -0.39 is 0 Å². The first-order valence-electron chi connectivity index (χ1n) is 7.80. The fourth-order valence-corrected chi connectivity index (χ4v) is 3.02. The van der Waals surface area contributed by atoms with Crippen molar-refractivity contribution < 1.29 is 9.84 Å². The monoisotopic (exact) mass is 272 g/mol. The molecule has 0 bridgehead atoms. The number of nitrogens with one attached hydrogen (secondary N) is 1. The van der Waals surface area contributed by atoms with E-state index in [9.17, 15) is 5.11 Å². The third-order valence-corrected chi connectivity index (χ3v) is 4.53. The Morgan fingerprint density at radius 2 is 2.00 bits per heavy atom. The third kappa shape index (κ3) is 5.38. The van der Waals surface area contributed by atoms with Crippen LogP contribution >= 0.6 is 0 Å². The van der Waals surface area contributed by atoms with Crippen LogP contribution in [0, 0.1) is 0 Å². The summed E-state index contributed by atoms with van der Waals surface area (Å²) in [6.07, 6.45) is 5.97. The van der Waals surface area contributed by atoms with Crippen molar-refractivity contribution in [1.29, 1.82) is 0 Å². The lowest BCUT2D eigenvalue weighted by molar-refractivity contribution is 0.0393. The molecule has 1 atom stereocenters. The van der Waals surface area contributed by atoms with Crippen LogP contribution in [0.4, 0.5) is 0 Å². The van der Waals surface area contributed by atoms with Crippen LogP contribution in [0.25, 0.3) is 0 Å². The highest BCUT2D eigenvalue weighted by Gasteiger charge is 2.26. The molecular weight excluding hydrogens is 240 g/mol. The predicted octanol–water partition coefficient (Wildman–Crippen LogP) is 1.63. The fourth-order valence-electron chi connectivity index (χ4n) is 3.02. The van der Waals surface area contributed by atoms with E-state index in [-0.39, 0.29) is 12.1 Å². The minimum atomic E-state index is -0.0698. The molecule has 114 valence electrons. The maximum Gasteiger partial charge on any atom is 0.0613 e. The van der Waals surface area contributed by atoms with Crippen molar-refractivity contribution in [2.45, 2.75) is 57.6 Å². The highest BCUT2D eigenvalue weighted by molar-refractivity contribution is 4.86. The van der Waals surface area contributed by atoms with Gasteiger partial charge >= 0.3 is 0 Å². The lowest BCUT2D eigenvalue weighted by Gasteiger charge is -2.34. The van der Waals surface area contributed by atoms with Crippen LogP contribution in [-0.4, -0.2) is 61.5 Å². The number of likely N-dealkylation sites (N-methyl/N-ethyl adjacent to an activating group) is 1. The number of aliphatic hydroxyl groups excluding tert-OH is 1. The Morgan fingerprint density at radius 3 is 2.47 bits per heavy atom. The Labute approximate surface area is 118 Å². The quantitative estimate of drug-likeness (QED) is 0.669. The molecule has 1 heterocycles. The van der Waals surface area contributed by atoms with E-state index >= 15 is 0 Å². The van der Waals surface area contributed by atoms with Crippen molar-refractivity contribution in [2.75, 3.05) is 39.9 Å². The molecule has 1 aliphatic rings. The van der Waals surface area contributed by atoms with E-state index in [0.29, 0.717) is 6.10 Å². The van der Waals surface area contributed by atoms with E-state index in [1.54, 1.807) is 0 Å². The number of hydrogen-bond acceptors (Lipinski definition) is 4. The molecular formula is C15H32N2O2. The predicted molar refractivity (Wildman–Crippen MR) is 79.5 cm³/mol. The number of rotatable bonds is 9. The van der Waals surface area contributed by atoms with E-state index in [4.69, 9.17) is 4.74 Å². The number of aliphatic hydroxyl groups is 1. The molecule has 4 nitrogen and oxygen atoms in total. The number of likely N-dealkylation sites (tertiary alicyclic amines) is 1. The zero-order chi connectivity index (χ0) is 14.1. The zero-order valence-electron chi connectivity index (χ0n) is 13.0. The van der Waals surface area contributed by atoms with Gasteiger partial charge in [-0.3, -0.25) is 0 Å². The minimum absolute atomic E-state index is 0.0698. The molecule has 0 aromatic rings. The topological polar surface area (TPSA) is 44.7 Å². The summed E-state index contributed by atoms with van der Waals surface area (Å²) in [5, 5.41) is 13.1. The molecule has 1 saturated heterocycles. The second-order valence-electron chi connectivity index (χ2n) is 5.70. The summed E-state index contributed by atoms with van der Waals surface area (Å²) in [6.45, 7) is 8.87. The molecule has 0 aromatic carbocycles. The van der Waals surface area contributed by atoms with Gasteiger partial charge < -0.3 is 20.1 Å². The largest absolute Gasteiger partial charge is 0.394 e. The maximum absolute atomic E-state index is 9.62. The van der Waals surface area contributed by atoms with Gasteiger partial charge in [0.15, 0.2) is 0 Å². The number of hydrogen-bond donors (Lipinski definition) is 2. The molecule has 0 radical (unpaired) electrons. The van der Waals surface area contributed by atoms with Crippen molar-refractivity contribution >= 4 is 0 Å². The molecule has 0 spiro atoms. The van der Waals surface area contributed by atoms with E-state index in [2.05, 4.69) is 24.1 Å². The Bertz CT molecular complexity index is 224. The Kier molecular flexibility index (Phi) is 7.91. The minimum Gasteiger partial charge on any atom is -0.394 e. The first-order valence-corrected chi connectivity index (χ1v) is 7.80. The molecule has 0 aromatic heterocycles. The second kappa shape index (κ2) is 8.90. The van der Waals surface area contributed by atoms with Crippen molar-refractivity contribution in [3.63, 3.8) is 0 Å². The van der Waals surface area contributed by atoms with E-state index in [1.807, 2.05) is 7.11 Å². The highest BCUT2D eigenvalue weighted by Crippen LogP contribution is 2.19. The average molecular weight is 272 g/mol. The van der Waals surface area contributed by atoms with Crippen LogP contribution in [0.1, 0.15) is 46.0 Å². The van der Waals surface area contributed by atoms with Crippen molar-refractivity contribution in [3.05, 3.63) is 0 Å². The van der Waals surface area contributed by atoms with Gasteiger partial charge in [0.05, 0.1) is 12.7 Å². The molecule has 0 saturated carbocycles. The fraction of sp³-hybridized carbons (Fsp3) is 1.00. The number of nitrogens with zero attached hydrogens (tertiary/aromatic N) is 1. The Morgan fingerprint density at radius 1 is 1.32 bits per heavy atom. The molecule has 1 fully saturated rings. The van der Waals surface area contributed by atoms with Crippen LogP contribution in [-0.2, 0) is 4.74 Å². The van der Waals surface area contributed by atoms with E-state index in [1.165, 1.54) is 0 Å². The zero-order valence-corrected chi connectivity index (χ0v) is 13.0. The van der Waals surface area contributed by atoms with Gasteiger partial charge in [-0.15, -0.1) is 0 Å². The summed E-state index contributed by atoms with van der Waals surface area (Å²) < 4.78 is 5.40. The van der Waals surface area contributed by atoms with Gasteiger partial charge in [0.2, 0.25) is 0 Å². The lowest BCUT2D eigenvalue weighted by atomic mass is 9.91. The van der Waals surface area contributed by atoms with Crippen molar-refractivity contribution in [1.82, 2.24) is 10.2 Å². The van der Waals surface area contributed by atoms with E-state index in [0.717, 1.165) is 58.3 Å². The normalized spacial score (nSPS) is 21.5. The molecule has 1 aliphatic heterocycles. The second-order valence-corrected chi connectivity index (χ2v) is 5.70. The van der Waals surface area contributed by atoms with Crippen LogP contribution < -0.4 is 5.32 Å². The van der Waals surface area contributed by atoms with Crippen molar-refractivity contribution in [3.8, 4) is 0 Å². The van der Waals surface area contributed by atoms with Gasteiger partial charge in [0, 0.05) is 25.7 Å². The molecule has 0 amide bonds. The summed E-state index contributed by atoms with van der Waals surface area (Å²) in [5.41, 5.74) is -0.0698. The summed E-state index contributed by atoms with van der Waals surface area (Å²) in [5.74, 6) is 0. The first kappa shape index (κ1) is 16.9. The van der Waals surface area contributed by atoms with Gasteiger partial charge in [-0.1, -0.05) is 13.8 Å². The summed E-state index contributed by atoms with van der Waals surface area (Å²) in [4.78, 5) is 2.53. The standard InChI is InChI=1S/C15H32N2O2/c1-4-15(13-18,16-5-2)9-6-10-17-11-7-14(19-3)8-12-17/h14,16,18H,4-13H2,1-3H3. The van der Waals surface area contributed by atoms with Crippen molar-refractivity contribution in [2.24, 2.45) is 0 Å². The van der Waals surface area contributed by atoms with Gasteiger partial charge in [0.1, 0.15) is 0 Å². The molecule has 2 N–H and O–H groups in total. The van der Waals surface area contributed by atoms with Gasteiger partial charge in [-0.2, -0.15) is 0 Å². The average Bonchev–Trinajstić information content (AvgIpc) is 2.47. The summed E-state index contributed by atoms with van der Waals surface area (Å²) >= 11 is 0. The smallest absolute Gasteiger partial charge is 0.0613 e. The molecule has 1 rings (SSSR count). The third-order valence-electron chi connectivity index (χ3n) is 4.53. The van der Waals surface area contributed by atoms with Crippen LogP contribution in [0.15, 0.2) is 0 Å². The first-order chi connectivity index (χ1) is 9.19. The number of piperidine rings is 1. The molecule has 19 heavy (non-hydrogen) atoms. The Hall–Kier alpha value is -0.160. The van der Waals surface area contributed by atoms with Crippen LogP contribution in [0.3, 0.4) is 0 Å². The summed E-state index contributed by atoms with van der Waals surface area (Å²) in [6, 6.07) is 0. The van der Waals surface area contributed by atoms with Gasteiger partial charge in [0.25, 0.3) is 0 Å². The molecule has 4 heteroatoms. The van der Waals surface area contributed by atoms with Crippen LogP contribution in [0.2, 0.25) is 0 Å². The molecule has 0 aliphatic carbocycles. The maximum atomic E-state index is 9.62. The lowest BCUT2D eigenvalue weighted by Crippen LogP contribution is -2.48. The number of methoxy groups -OCH3 is 1. The summed E-state index contributed by atoms with van der Waals surface area (Å²) in [7, 11) is 1.81. The van der Waals surface area contributed by atoms with Gasteiger partial charge in [-0.05, 0) is 45.2 Å². The van der Waals surface area contributed by atoms with Gasteiger partial charge in [-0.25, -0.2) is 0 Å². The number of ether oxygens (including phenoxy) is 1. The highest BCUT2D eigenvalue weighted by atomic mass is 16.5. The SMILES string of the molecule is CCNC(CC)(CO)CCCN1CCC(OC)CC1. The van der Waals surface area contributed by atoms with Crippen LogP contribution in [0.5, 0.6) is 0 Å².